The Hall–Kier alpha value is -3.55. The molecule has 186 valence electrons. The number of carbonyl (C=O) groups excluding carboxylic acids is 2. The van der Waals surface area contributed by atoms with E-state index in [0.29, 0.717) is 35.4 Å². The number of ether oxygens (including phenoxy) is 2. The summed E-state index contributed by atoms with van der Waals surface area (Å²) in [6.07, 6.45) is -0.116. The highest BCUT2D eigenvalue weighted by Gasteiger charge is 2.60. The number of amides is 2. The number of benzene rings is 3. The highest BCUT2D eigenvalue weighted by Crippen LogP contribution is 2.49. The second kappa shape index (κ2) is 10.2. The van der Waals surface area contributed by atoms with Gasteiger partial charge in [-0.15, -0.1) is 0 Å². The lowest BCUT2D eigenvalue weighted by molar-refractivity contribution is -0.126. The fourth-order valence-corrected chi connectivity index (χ4v) is 4.95. The number of carbonyl (C=O) groups is 2. The van der Waals surface area contributed by atoms with E-state index < -0.39 is 24.0 Å². The molecule has 36 heavy (non-hydrogen) atoms. The fourth-order valence-electron chi connectivity index (χ4n) is 4.73. The first-order valence-electron chi connectivity index (χ1n) is 12.1. The SMILES string of the molecule is CCCOc1ccc([C@@H]2[C@H]3C(=O)N(c4ccccc4Cl)C(=O)[C@@H]3ON2c2ccccc2)cc1OCC. The molecule has 5 rings (SSSR count). The van der Waals surface area contributed by atoms with E-state index in [4.69, 9.17) is 25.9 Å². The van der Waals surface area contributed by atoms with Crippen LogP contribution in [-0.2, 0) is 14.4 Å². The maximum absolute atomic E-state index is 13.8. The number of imide groups is 1. The zero-order chi connectivity index (χ0) is 25.2. The third-order valence-corrected chi connectivity index (χ3v) is 6.61. The van der Waals surface area contributed by atoms with Gasteiger partial charge in [0.15, 0.2) is 17.6 Å². The molecule has 2 heterocycles. The molecule has 0 aliphatic carbocycles. The van der Waals surface area contributed by atoms with Crippen LogP contribution in [0.4, 0.5) is 11.4 Å². The van der Waals surface area contributed by atoms with Gasteiger partial charge in [0.25, 0.3) is 5.91 Å². The summed E-state index contributed by atoms with van der Waals surface area (Å²) in [5.41, 5.74) is 1.88. The lowest BCUT2D eigenvalue weighted by atomic mass is 9.90. The number of halogens is 1. The molecule has 0 radical (unpaired) electrons. The van der Waals surface area contributed by atoms with Gasteiger partial charge in [-0.1, -0.05) is 54.9 Å². The van der Waals surface area contributed by atoms with Crippen LogP contribution in [0, 0.1) is 5.92 Å². The van der Waals surface area contributed by atoms with Crippen molar-refractivity contribution >= 4 is 34.8 Å². The monoisotopic (exact) mass is 506 g/mol. The van der Waals surface area contributed by atoms with Gasteiger partial charge in [0.05, 0.1) is 35.7 Å². The van der Waals surface area contributed by atoms with Crippen LogP contribution in [0.5, 0.6) is 11.5 Å². The highest BCUT2D eigenvalue weighted by molar-refractivity contribution is 6.36. The van der Waals surface area contributed by atoms with E-state index in [0.717, 1.165) is 22.6 Å². The molecular formula is C28H27ClN2O5. The number of rotatable bonds is 8. The predicted molar refractivity (Wildman–Crippen MR) is 137 cm³/mol. The first kappa shape index (κ1) is 24.2. The van der Waals surface area contributed by atoms with Crippen LogP contribution < -0.4 is 19.4 Å². The zero-order valence-electron chi connectivity index (χ0n) is 20.1. The Morgan fingerprint density at radius 2 is 1.64 bits per heavy atom. The van der Waals surface area contributed by atoms with Gasteiger partial charge in [-0.2, -0.15) is 0 Å². The van der Waals surface area contributed by atoms with Gasteiger partial charge in [-0.05, 0) is 55.3 Å². The molecule has 0 N–H and O–H groups in total. The van der Waals surface area contributed by atoms with Crippen LogP contribution in [0.15, 0.2) is 72.8 Å². The van der Waals surface area contributed by atoms with Gasteiger partial charge in [0, 0.05) is 0 Å². The molecule has 0 spiro atoms. The van der Waals surface area contributed by atoms with Gasteiger partial charge in [0.1, 0.15) is 5.92 Å². The lowest BCUT2D eigenvalue weighted by Gasteiger charge is -2.29. The Labute approximate surface area is 215 Å². The summed E-state index contributed by atoms with van der Waals surface area (Å²) >= 11 is 6.36. The maximum Gasteiger partial charge on any atom is 0.266 e. The van der Waals surface area contributed by atoms with E-state index in [2.05, 4.69) is 0 Å². The topological polar surface area (TPSA) is 68.3 Å². The largest absolute Gasteiger partial charge is 0.490 e. The van der Waals surface area contributed by atoms with Crippen molar-refractivity contribution in [2.75, 3.05) is 23.2 Å². The minimum Gasteiger partial charge on any atom is -0.490 e. The van der Waals surface area contributed by atoms with E-state index in [1.165, 1.54) is 0 Å². The van der Waals surface area contributed by atoms with E-state index in [9.17, 15) is 9.59 Å². The lowest BCUT2D eigenvalue weighted by Crippen LogP contribution is -2.37. The summed E-state index contributed by atoms with van der Waals surface area (Å²) in [5, 5.41) is 1.99. The zero-order valence-corrected chi connectivity index (χ0v) is 20.9. The van der Waals surface area contributed by atoms with E-state index in [1.807, 2.05) is 62.4 Å². The molecule has 0 bridgehead atoms. The van der Waals surface area contributed by atoms with Crippen LogP contribution in [0.3, 0.4) is 0 Å². The summed E-state index contributed by atoms with van der Waals surface area (Å²) in [5.74, 6) is -0.346. The molecule has 3 aromatic carbocycles. The number of anilines is 2. The Morgan fingerprint density at radius 1 is 0.889 bits per heavy atom. The van der Waals surface area contributed by atoms with Crippen molar-refractivity contribution in [3.8, 4) is 11.5 Å². The maximum atomic E-state index is 13.8. The van der Waals surface area contributed by atoms with Crippen molar-refractivity contribution in [3.05, 3.63) is 83.4 Å². The second-order valence-electron chi connectivity index (χ2n) is 8.61. The highest BCUT2D eigenvalue weighted by atomic mass is 35.5. The molecule has 2 aliphatic rings. The van der Waals surface area contributed by atoms with Crippen LogP contribution in [-0.4, -0.2) is 31.1 Å². The summed E-state index contributed by atoms with van der Waals surface area (Å²) in [6, 6.07) is 21.3. The normalized spacial score (nSPS) is 21.1. The quantitative estimate of drug-likeness (QED) is 0.372. The minimum atomic E-state index is -0.981. The van der Waals surface area contributed by atoms with Crippen molar-refractivity contribution in [1.29, 1.82) is 0 Å². The van der Waals surface area contributed by atoms with E-state index in [1.54, 1.807) is 29.3 Å². The summed E-state index contributed by atoms with van der Waals surface area (Å²) in [7, 11) is 0. The van der Waals surface area contributed by atoms with Gasteiger partial charge in [-0.25, -0.2) is 9.96 Å². The standard InChI is InChI=1S/C28H27ClN2O5/c1-3-16-35-22-15-14-18(17-23(22)34-4-2)25-24-26(36-31(25)19-10-6-5-7-11-19)28(33)30(27(24)32)21-13-9-8-12-20(21)29/h5-15,17,24-26H,3-4,16H2,1-2H3/t24-,25-,26-/m1/s1. The average molecular weight is 507 g/mol. The molecule has 3 aromatic rings. The van der Waals surface area contributed by atoms with Crippen molar-refractivity contribution in [3.63, 3.8) is 0 Å². The Balaban J connectivity index is 1.59. The molecule has 2 amide bonds. The molecule has 2 fully saturated rings. The Kier molecular flexibility index (Phi) is 6.85. The van der Waals surface area contributed by atoms with Crippen LogP contribution in [0.2, 0.25) is 5.02 Å². The third kappa shape index (κ3) is 4.18. The molecule has 8 heteroatoms. The van der Waals surface area contributed by atoms with Gasteiger partial charge >= 0.3 is 0 Å². The molecule has 0 unspecified atom stereocenters. The van der Waals surface area contributed by atoms with Crippen LogP contribution in [0.25, 0.3) is 0 Å². The second-order valence-corrected chi connectivity index (χ2v) is 9.02. The number of nitrogens with zero attached hydrogens (tertiary/aromatic N) is 2. The number of hydrogen-bond donors (Lipinski definition) is 0. The van der Waals surface area contributed by atoms with E-state index in [-0.39, 0.29) is 5.91 Å². The van der Waals surface area contributed by atoms with Crippen molar-refractivity contribution in [1.82, 2.24) is 0 Å². The smallest absolute Gasteiger partial charge is 0.266 e. The van der Waals surface area contributed by atoms with Gasteiger partial charge < -0.3 is 9.47 Å². The van der Waals surface area contributed by atoms with Gasteiger partial charge in [0.2, 0.25) is 5.91 Å². The molecule has 0 saturated carbocycles. The number of hydroxylamine groups is 1. The first-order chi connectivity index (χ1) is 17.5. The summed E-state index contributed by atoms with van der Waals surface area (Å²) in [4.78, 5) is 34.7. The van der Waals surface area contributed by atoms with E-state index >= 15 is 0 Å². The number of fused-ring (bicyclic) bond motifs is 1. The molecule has 2 aliphatic heterocycles. The third-order valence-electron chi connectivity index (χ3n) is 6.29. The van der Waals surface area contributed by atoms with Crippen molar-refractivity contribution in [2.45, 2.75) is 32.4 Å². The molecular weight excluding hydrogens is 480 g/mol. The fraction of sp³-hybridized carbons (Fsp3) is 0.286. The van der Waals surface area contributed by atoms with Crippen LogP contribution in [0.1, 0.15) is 31.9 Å². The van der Waals surface area contributed by atoms with Gasteiger partial charge in [-0.3, -0.25) is 14.4 Å². The number of para-hydroxylation sites is 2. The summed E-state index contributed by atoms with van der Waals surface area (Å²) < 4.78 is 11.7. The Bertz CT molecular complexity index is 1270. The Morgan fingerprint density at radius 3 is 2.36 bits per heavy atom. The summed E-state index contributed by atoms with van der Waals surface area (Å²) in [6.45, 7) is 4.96. The minimum absolute atomic E-state index is 0.326. The average Bonchev–Trinajstić information content (AvgIpc) is 3.40. The molecule has 0 aromatic heterocycles. The van der Waals surface area contributed by atoms with Crippen LogP contribution >= 0.6 is 11.6 Å². The first-order valence-corrected chi connectivity index (χ1v) is 12.5. The molecule has 2 saturated heterocycles. The molecule has 3 atom stereocenters. The van der Waals surface area contributed by atoms with Crippen molar-refractivity contribution < 1.29 is 23.9 Å². The van der Waals surface area contributed by atoms with Crippen molar-refractivity contribution in [2.24, 2.45) is 5.92 Å². The predicted octanol–water partition coefficient (Wildman–Crippen LogP) is 5.58. The molecule has 7 nitrogen and oxygen atoms in total. The number of hydrogen-bond acceptors (Lipinski definition) is 6.